The lowest BCUT2D eigenvalue weighted by Crippen LogP contribution is -2.11. The lowest BCUT2D eigenvalue weighted by atomic mass is 10.1. The molecular weight excluding hydrogens is 475 g/mol. The number of carbonyl (C=O) groups excluding carboxylic acids is 1. The van der Waals surface area contributed by atoms with Crippen molar-refractivity contribution < 1.29 is 9.21 Å². The molecule has 5 rings (SSSR count). The minimum Gasteiger partial charge on any atom is -0.436 e. The van der Waals surface area contributed by atoms with Gasteiger partial charge < -0.3 is 9.73 Å². The van der Waals surface area contributed by atoms with Crippen LogP contribution in [-0.2, 0) is 0 Å². The van der Waals surface area contributed by atoms with Gasteiger partial charge in [-0.3, -0.25) is 4.79 Å². The van der Waals surface area contributed by atoms with Crippen LogP contribution in [0.2, 0.25) is 0 Å². The van der Waals surface area contributed by atoms with Gasteiger partial charge in [-0.15, -0.1) is 0 Å². The first kappa shape index (κ1) is 17.9. The number of benzene rings is 4. The van der Waals surface area contributed by atoms with Crippen LogP contribution >= 0.6 is 22.6 Å². The second-order valence-corrected chi connectivity index (χ2v) is 7.97. The van der Waals surface area contributed by atoms with Crippen LogP contribution in [0.4, 0.5) is 5.69 Å². The standard InChI is InChI=1S/C24H15IN2O2/c25-19-9-7-16(8-10-19)23(28)26-20-11-12-22-21(14-20)27-24(29-22)18-6-5-15-3-1-2-4-17(15)13-18/h1-14H,(H,26,28). The monoisotopic (exact) mass is 490 g/mol. The summed E-state index contributed by atoms with van der Waals surface area (Å²) in [4.78, 5) is 17.1. The smallest absolute Gasteiger partial charge is 0.255 e. The van der Waals surface area contributed by atoms with Crippen LogP contribution in [0.25, 0.3) is 33.3 Å². The summed E-state index contributed by atoms with van der Waals surface area (Å²) in [5.74, 6) is 0.408. The number of halogens is 1. The number of anilines is 1. The lowest BCUT2D eigenvalue weighted by Gasteiger charge is -2.05. The van der Waals surface area contributed by atoms with Gasteiger partial charge in [0.2, 0.25) is 5.89 Å². The largest absolute Gasteiger partial charge is 0.436 e. The lowest BCUT2D eigenvalue weighted by molar-refractivity contribution is 0.102. The molecule has 0 radical (unpaired) electrons. The molecule has 1 heterocycles. The van der Waals surface area contributed by atoms with E-state index in [-0.39, 0.29) is 5.91 Å². The number of rotatable bonds is 3. The summed E-state index contributed by atoms with van der Waals surface area (Å²) in [6, 6.07) is 27.2. The molecule has 4 aromatic carbocycles. The van der Waals surface area contributed by atoms with Crippen LogP contribution in [0.3, 0.4) is 0 Å². The molecule has 5 aromatic rings. The van der Waals surface area contributed by atoms with Crippen molar-refractivity contribution in [2.75, 3.05) is 5.32 Å². The predicted molar refractivity (Wildman–Crippen MR) is 124 cm³/mol. The topological polar surface area (TPSA) is 55.1 Å². The van der Waals surface area contributed by atoms with Crippen LogP contribution in [0.15, 0.2) is 89.3 Å². The van der Waals surface area contributed by atoms with E-state index in [0.717, 1.165) is 14.5 Å². The van der Waals surface area contributed by atoms with Crippen molar-refractivity contribution in [3.8, 4) is 11.5 Å². The molecule has 0 atom stereocenters. The Labute approximate surface area is 180 Å². The third-order valence-corrected chi connectivity index (χ3v) is 5.47. The van der Waals surface area contributed by atoms with Gasteiger partial charge in [-0.05, 0) is 88.0 Å². The van der Waals surface area contributed by atoms with Crippen LogP contribution < -0.4 is 5.32 Å². The van der Waals surface area contributed by atoms with E-state index in [1.165, 1.54) is 5.39 Å². The fraction of sp³-hybridized carbons (Fsp3) is 0. The van der Waals surface area contributed by atoms with Gasteiger partial charge in [-0.2, -0.15) is 0 Å². The summed E-state index contributed by atoms with van der Waals surface area (Å²) in [6.07, 6.45) is 0. The number of nitrogens with zero attached hydrogens (tertiary/aromatic N) is 1. The summed E-state index contributed by atoms with van der Waals surface area (Å²) >= 11 is 2.21. The Balaban J connectivity index is 1.44. The Hall–Kier alpha value is -3.19. The Kier molecular flexibility index (Phi) is 4.52. The molecule has 140 valence electrons. The molecule has 0 aliphatic carbocycles. The highest BCUT2D eigenvalue weighted by molar-refractivity contribution is 14.1. The van der Waals surface area contributed by atoms with E-state index in [9.17, 15) is 4.79 Å². The molecule has 1 aromatic heterocycles. The Morgan fingerprint density at radius 2 is 1.66 bits per heavy atom. The van der Waals surface area contributed by atoms with Gasteiger partial charge >= 0.3 is 0 Å². The van der Waals surface area contributed by atoms with Gasteiger partial charge in [-0.1, -0.05) is 30.3 Å². The third kappa shape index (κ3) is 3.61. The quantitative estimate of drug-likeness (QED) is 0.294. The molecule has 5 heteroatoms. The molecule has 1 N–H and O–H groups in total. The molecule has 1 amide bonds. The van der Waals surface area contributed by atoms with Gasteiger partial charge in [0.1, 0.15) is 5.52 Å². The molecule has 0 saturated carbocycles. The predicted octanol–water partition coefficient (Wildman–Crippen LogP) is 6.50. The van der Waals surface area contributed by atoms with E-state index in [1.807, 2.05) is 60.7 Å². The highest BCUT2D eigenvalue weighted by atomic mass is 127. The minimum absolute atomic E-state index is 0.154. The van der Waals surface area contributed by atoms with Crippen molar-refractivity contribution in [2.45, 2.75) is 0 Å². The minimum atomic E-state index is -0.154. The molecule has 0 saturated heterocycles. The average molecular weight is 490 g/mol. The fourth-order valence-electron chi connectivity index (χ4n) is 3.26. The number of amides is 1. The van der Waals surface area contributed by atoms with E-state index < -0.39 is 0 Å². The number of aromatic nitrogens is 1. The highest BCUT2D eigenvalue weighted by Gasteiger charge is 2.11. The molecule has 0 aliphatic rings. The van der Waals surface area contributed by atoms with E-state index in [1.54, 1.807) is 0 Å². The number of nitrogens with one attached hydrogen (secondary N) is 1. The van der Waals surface area contributed by atoms with Crippen LogP contribution in [0, 0.1) is 3.57 Å². The Bertz CT molecular complexity index is 1360. The molecular formula is C24H15IN2O2. The van der Waals surface area contributed by atoms with E-state index in [4.69, 9.17) is 4.42 Å². The van der Waals surface area contributed by atoms with E-state index in [2.05, 4.69) is 57.2 Å². The van der Waals surface area contributed by atoms with Crippen molar-refractivity contribution in [1.29, 1.82) is 0 Å². The van der Waals surface area contributed by atoms with Crippen LogP contribution in [-0.4, -0.2) is 10.9 Å². The van der Waals surface area contributed by atoms with E-state index in [0.29, 0.717) is 28.2 Å². The van der Waals surface area contributed by atoms with Crippen LogP contribution in [0.1, 0.15) is 10.4 Å². The zero-order chi connectivity index (χ0) is 19.8. The fourth-order valence-corrected chi connectivity index (χ4v) is 3.62. The summed E-state index contributed by atoms with van der Waals surface area (Å²) in [5, 5.41) is 5.23. The van der Waals surface area contributed by atoms with E-state index >= 15 is 0 Å². The number of fused-ring (bicyclic) bond motifs is 2. The van der Waals surface area contributed by atoms with Gasteiger partial charge in [-0.25, -0.2) is 4.98 Å². The average Bonchev–Trinajstić information content (AvgIpc) is 3.17. The number of oxazole rings is 1. The number of hydrogen-bond donors (Lipinski definition) is 1. The summed E-state index contributed by atoms with van der Waals surface area (Å²) in [6.45, 7) is 0. The zero-order valence-corrected chi connectivity index (χ0v) is 17.4. The number of carbonyl (C=O) groups is 1. The van der Waals surface area contributed by atoms with Crippen molar-refractivity contribution in [1.82, 2.24) is 4.98 Å². The normalized spacial score (nSPS) is 11.1. The third-order valence-electron chi connectivity index (χ3n) is 4.75. The van der Waals surface area contributed by atoms with Crippen LogP contribution in [0.5, 0.6) is 0 Å². The van der Waals surface area contributed by atoms with Crippen molar-refractivity contribution in [3.05, 3.63) is 94.1 Å². The molecule has 4 nitrogen and oxygen atoms in total. The molecule has 0 fully saturated rings. The maximum absolute atomic E-state index is 12.5. The molecule has 0 bridgehead atoms. The van der Waals surface area contributed by atoms with Gasteiger partial charge in [0, 0.05) is 20.4 Å². The van der Waals surface area contributed by atoms with Gasteiger partial charge in [0.25, 0.3) is 5.91 Å². The molecule has 0 aliphatic heterocycles. The SMILES string of the molecule is O=C(Nc1ccc2oc(-c3ccc4ccccc4c3)nc2c1)c1ccc(I)cc1. The van der Waals surface area contributed by atoms with Gasteiger partial charge in [0.05, 0.1) is 0 Å². The number of hydrogen-bond acceptors (Lipinski definition) is 3. The Morgan fingerprint density at radius 3 is 2.48 bits per heavy atom. The first-order valence-electron chi connectivity index (χ1n) is 9.12. The summed E-state index contributed by atoms with van der Waals surface area (Å²) < 4.78 is 7.02. The summed E-state index contributed by atoms with van der Waals surface area (Å²) in [7, 11) is 0. The first-order valence-corrected chi connectivity index (χ1v) is 10.2. The van der Waals surface area contributed by atoms with Crippen molar-refractivity contribution >= 4 is 56.1 Å². The zero-order valence-electron chi connectivity index (χ0n) is 15.2. The maximum Gasteiger partial charge on any atom is 0.255 e. The maximum atomic E-state index is 12.5. The molecule has 29 heavy (non-hydrogen) atoms. The van der Waals surface area contributed by atoms with Crippen molar-refractivity contribution in [3.63, 3.8) is 0 Å². The second kappa shape index (κ2) is 7.33. The second-order valence-electron chi connectivity index (χ2n) is 6.72. The highest BCUT2D eigenvalue weighted by Crippen LogP contribution is 2.28. The van der Waals surface area contributed by atoms with Gasteiger partial charge in [0.15, 0.2) is 5.58 Å². The molecule has 0 unspecified atom stereocenters. The Morgan fingerprint density at radius 1 is 0.862 bits per heavy atom. The first-order chi connectivity index (χ1) is 14.2. The van der Waals surface area contributed by atoms with Crippen molar-refractivity contribution in [2.24, 2.45) is 0 Å². The summed E-state index contributed by atoms with van der Waals surface area (Å²) in [5.41, 5.74) is 3.60. The molecule has 0 spiro atoms.